The molecule has 1 aromatic carbocycles. The van der Waals surface area contributed by atoms with Crippen molar-refractivity contribution in [2.45, 2.75) is 6.92 Å². The number of amides is 1. The van der Waals surface area contributed by atoms with Gasteiger partial charge in [0, 0.05) is 12.1 Å². The predicted octanol–water partition coefficient (Wildman–Crippen LogP) is 2.04. The van der Waals surface area contributed by atoms with Crippen LogP contribution in [0.1, 0.15) is 17.4 Å². The molecule has 114 valence electrons. The first-order valence-corrected chi connectivity index (χ1v) is 6.91. The number of rotatable bonds is 6. The fourth-order valence-corrected chi connectivity index (χ4v) is 1.86. The third kappa shape index (κ3) is 3.82. The maximum absolute atomic E-state index is 11.9. The second-order valence-electron chi connectivity index (χ2n) is 4.48. The first kappa shape index (κ1) is 15.5. The summed E-state index contributed by atoms with van der Waals surface area (Å²) in [6.07, 6.45) is 1.68. The first-order chi connectivity index (χ1) is 10.6. The Morgan fingerprint density at radius 1 is 1.36 bits per heavy atom. The van der Waals surface area contributed by atoms with Gasteiger partial charge in [0.2, 0.25) is 5.95 Å². The molecule has 0 aliphatic heterocycles. The van der Waals surface area contributed by atoms with Crippen molar-refractivity contribution in [3.05, 3.63) is 48.7 Å². The number of nitrogens with two attached hydrogens (primary N) is 1. The van der Waals surface area contributed by atoms with E-state index < -0.39 is 0 Å². The summed E-state index contributed by atoms with van der Waals surface area (Å²) in [6.45, 7) is 6.40. The highest BCUT2D eigenvalue weighted by molar-refractivity contribution is 5.93. The minimum absolute atomic E-state index is 0.0609. The lowest BCUT2D eigenvalue weighted by atomic mass is 10.1. The molecule has 0 bridgehead atoms. The zero-order valence-electron chi connectivity index (χ0n) is 12.4. The van der Waals surface area contributed by atoms with E-state index in [0.29, 0.717) is 18.8 Å². The van der Waals surface area contributed by atoms with Crippen molar-refractivity contribution >= 4 is 11.9 Å². The van der Waals surface area contributed by atoms with Crippen LogP contribution in [0.5, 0.6) is 5.75 Å². The van der Waals surface area contributed by atoms with Gasteiger partial charge < -0.3 is 15.8 Å². The van der Waals surface area contributed by atoms with E-state index in [2.05, 4.69) is 21.9 Å². The van der Waals surface area contributed by atoms with Crippen molar-refractivity contribution in [1.82, 2.24) is 15.3 Å². The molecule has 2 aromatic rings. The lowest BCUT2D eigenvalue weighted by Crippen LogP contribution is -2.24. The molecule has 3 N–H and O–H groups in total. The van der Waals surface area contributed by atoms with Gasteiger partial charge in [-0.05, 0) is 37.3 Å². The summed E-state index contributed by atoms with van der Waals surface area (Å²) in [5.41, 5.74) is 7.35. The van der Waals surface area contributed by atoms with Crippen molar-refractivity contribution in [3.63, 3.8) is 0 Å². The monoisotopic (exact) mass is 298 g/mol. The van der Waals surface area contributed by atoms with Crippen LogP contribution in [-0.2, 0) is 0 Å². The quantitative estimate of drug-likeness (QED) is 0.796. The summed E-state index contributed by atoms with van der Waals surface area (Å²) in [4.78, 5) is 20.0. The van der Waals surface area contributed by atoms with Crippen molar-refractivity contribution in [2.75, 3.05) is 18.9 Å². The lowest BCUT2D eigenvalue weighted by Gasteiger charge is -2.07. The maximum Gasteiger partial charge on any atom is 0.270 e. The predicted molar refractivity (Wildman–Crippen MR) is 85.6 cm³/mol. The van der Waals surface area contributed by atoms with E-state index >= 15 is 0 Å². The van der Waals surface area contributed by atoms with Gasteiger partial charge in [-0.15, -0.1) is 0 Å². The molecule has 0 fully saturated rings. The standard InChI is InChI=1S/C16H18N4O2/c1-3-9-22-12-7-5-11(6-8-12)13-10-14(15(21)18-4-2)20-16(17)19-13/h3,5-8,10H,1,4,9H2,2H3,(H,18,21)(H2,17,19,20). The molecule has 6 nitrogen and oxygen atoms in total. The second-order valence-corrected chi connectivity index (χ2v) is 4.48. The molecule has 6 heteroatoms. The summed E-state index contributed by atoms with van der Waals surface area (Å²) >= 11 is 0. The number of aromatic nitrogens is 2. The van der Waals surface area contributed by atoms with Crippen LogP contribution in [0, 0.1) is 0 Å². The Kier molecular flexibility index (Phi) is 5.08. The molecular weight excluding hydrogens is 280 g/mol. The highest BCUT2D eigenvalue weighted by Gasteiger charge is 2.11. The first-order valence-electron chi connectivity index (χ1n) is 6.91. The van der Waals surface area contributed by atoms with Crippen LogP contribution < -0.4 is 15.8 Å². The molecule has 1 heterocycles. The Morgan fingerprint density at radius 2 is 2.09 bits per heavy atom. The van der Waals surface area contributed by atoms with Gasteiger partial charge in [0.25, 0.3) is 5.91 Å². The maximum atomic E-state index is 11.9. The molecule has 1 amide bonds. The Balaban J connectivity index is 2.28. The van der Waals surface area contributed by atoms with Gasteiger partial charge in [0.1, 0.15) is 18.1 Å². The summed E-state index contributed by atoms with van der Waals surface area (Å²) in [6, 6.07) is 8.95. The van der Waals surface area contributed by atoms with Gasteiger partial charge >= 0.3 is 0 Å². The largest absolute Gasteiger partial charge is 0.490 e. The van der Waals surface area contributed by atoms with E-state index in [0.717, 1.165) is 11.3 Å². The van der Waals surface area contributed by atoms with E-state index in [1.54, 1.807) is 12.1 Å². The number of carbonyl (C=O) groups is 1. The Bertz CT molecular complexity index is 668. The van der Waals surface area contributed by atoms with E-state index in [4.69, 9.17) is 10.5 Å². The van der Waals surface area contributed by atoms with Crippen molar-refractivity contribution in [3.8, 4) is 17.0 Å². The number of nitrogens with one attached hydrogen (secondary N) is 1. The van der Waals surface area contributed by atoms with Crippen LogP contribution in [0.25, 0.3) is 11.3 Å². The van der Waals surface area contributed by atoms with Crippen LogP contribution >= 0.6 is 0 Å². The molecule has 0 aliphatic carbocycles. The van der Waals surface area contributed by atoms with Crippen LogP contribution in [0.3, 0.4) is 0 Å². The number of anilines is 1. The second kappa shape index (κ2) is 7.21. The van der Waals surface area contributed by atoms with Gasteiger partial charge in [-0.25, -0.2) is 9.97 Å². The Labute approximate surface area is 129 Å². The number of hydrogen-bond donors (Lipinski definition) is 2. The van der Waals surface area contributed by atoms with Gasteiger partial charge in [-0.1, -0.05) is 12.7 Å². The molecule has 0 saturated carbocycles. The third-order valence-corrected chi connectivity index (χ3v) is 2.83. The summed E-state index contributed by atoms with van der Waals surface area (Å²) < 4.78 is 5.42. The van der Waals surface area contributed by atoms with Crippen LogP contribution in [-0.4, -0.2) is 29.0 Å². The number of ether oxygens (including phenoxy) is 1. The van der Waals surface area contributed by atoms with Gasteiger partial charge in [-0.3, -0.25) is 4.79 Å². The normalized spacial score (nSPS) is 10.0. The average molecular weight is 298 g/mol. The summed E-state index contributed by atoms with van der Waals surface area (Å²) in [5.74, 6) is 0.518. The zero-order chi connectivity index (χ0) is 15.9. The van der Waals surface area contributed by atoms with Crippen LogP contribution in [0.4, 0.5) is 5.95 Å². The van der Waals surface area contributed by atoms with Crippen LogP contribution in [0.15, 0.2) is 43.0 Å². The molecule has 2 rings (SSSR count). The summed E-state index contributed by atoms with van der Waals surface area (Å²) in [7, 11) is 0. The zero-order valence-corrected chi connectivity index (χ0v) is 12.4. The topological polar surface area (TPSA) is 90.1 Å². The van der Waals surface area contributed by atoms with E-state index in [-0.39, 0.29) is 17.5 Å². The van der Waals surface area contributed by atoms with Crippen molar-refractivity contribution in [1.29, 1.82) is 0 Å². The average Bonchev–Trinajstić information content (AvgIpc) is 2.53. The number of nitrogens with zero attached hydrogens (tertiary/aromatic N) is 2. The van der Waals surface area contributed by atoms with Crippen molar-refractivity contribution in [2.24, 2.45) is 0 Å². The minimum Gasteiger partial charge on any atom is -0.490 e. The highest BCUT2D eigenvalue weighted by atomic mass is 16.5. The number of nitrogen functional groups attached to an aromatic ring is 1. The van der Waals surface area contributed by atoms with E-state index in [1.165, 1.54) is 0 Å². The van der Waals surface area contributed by atoms with Crippen molar-refractivity contribution < 1.29 is 9.53 Å². The molecule has 0 saturated heterocycles. The fraction of sp³-hybridized carbons (Fsp3) is 0.188. The third-order valence-electron chi connectivity index (χ3n) is 2.83. The van der Waals surface area contributed by atoms with E-state index in [9.17, 15) is 4.79 Å². The molecule has 0 unspecified atom stereocenters. The van der Waals surface area contributed by atoms with Gasteiger partial charge in [-0.2, -0.15) is 0 Å². The SMILES string of the molecule is C=CCOc1ccc(-c2cc(C(=O)NCC)nc(N)n2)cc1. The Morgan fingerprint density at radius 3 is 2.73 bits per heavy atom. The molecule has 22 heavy (non-hydrogen) atoms. The molecule has 0 atom stereocenters. The Hall–Kier alpha value is -2.89. The van der Waals surface area contributed by atoms with Gasteiger partial charge in [0.05, 0.1) is 5.69 Å². The molecule has 0 radical (unpaired) electrons. The molecule has 0 aliphatic rings. The number of hydrogen-bond acceptors (Lipinski definition) is 5. The smallest absolute Gasteiger partial charge is 0.270 e. The minimum atomic E-state index is -0.274. The lowest BCUT2D eigenvalue weighted by molar-refractivity contribution is 0.0951. The van der Waals surface area contributed by atoms with E-state index in [1.807, 2.05) is 31.2 Å². The fourth-order valence-electron chi connectivity index (χ4n) is 1.86. The van der Waals surface area contributed by atoms with Gasteiger partial charge in [0.15, 0.2) is 0 Å². The number of benzene rings is 1. The molecule has 1 aromatic heterocycles. The molecular formula is C16H18N4O2. The molecule has 0 spiro atoms. The highest BCUT2D eigenvalue weighted by Crippen LogP contribution is 2.22. The summed E-state index contributed by atoms with van der Waals surface area (Å²) in [5, 5.41) is 2.69. The number of carbonyl (C=O) groups excluding carboxylic acids is 1. The van der Waals surface area contributed by atoms with Crippen LogP contribution in [0.2, 0.25) is 0 Å².